The molecule has 0 aliphatic carbocycles. The van der Waals surface area contributed by atoms with Crippen LogP contribution in [0.3, 0.4) is 0 Å². The van der Waals surface area contributed by atoms with Gasteiger partial charge in [0, 0.05) is 22.6 Å². The van der Waals surface area contributed by atoms with Crippen molar-refractivity contribution in [1.29, 1.82) is 0 Å². The highest BCUT2D eigenvalue weighted by molar-refractivity contribution is 8.00. The second-order valence-electron chi connectivity index (χ2n) is 6.53. The summed E-state index contributed by atoms with van der Waals surface area (Å²) in [7, 11) is 0. The summed E-state index contributed by atoms with van der Waals surface area (Å²) < 4.78 is 18.5. The highest BCUT2D eigenvalue weighted by Crippen LogP contribution is 2.21. The average molecular weight is 403 g/mol. The first kappa shape index (κ1) is 21.6. The molecule has 2 rings (SSSR count). The maximum absolute atomic E-state index is 13.5. The average Bonchev–Trinajstić information content (AvgIpc) is 2.65. The predicted octanol–water partition coefficient (Wildman–Crippen LogP) is 4.33. The van der Waals surface area contributed by atoms with Gasteiger partial charge in [-0.2, -0.15) is 0 Å². The van der Waals surface area contributed by atoms with Crippen LogP contribution in [-0.4, -0.2) is 30.0 Å². The van der Waals surface area contributed by atoms with Crippen molar-refractivity contribution in [3.63, 3.8) is 0 Å². The van der Waals surface area contributed by atoms with Crippen molar-refractivity contribution in [3.05, 3.63) is 59.9 Å². The van der Waals surface area contributed by atoms with Crippen LogP contribution in [0.15, 0.2) is 53.4 Å². The monoisotopic (exact) mass is 403 g/mol. The van der Waals surface area contributed by atoms with Crippen molar-refractivity contribution < 1.29 is 23.5 Å². The fourth-order valence-electron chi connectivity index (χ4n) is 2.29. The molecule has 0 aliphatic rings. The van der Waals surface area contributed by atoms with E-state index in [-0.39, 0.29) is 23.4 Å². The third-order valence-corrected chi connectivity index (χ3v) is 4.65. The van der Waals surface area contributed by atoms with Gasteiger partial charge in [0.25, 0.3) is 0 Å². The molecular weight excluding hydrogens is 381 g/mol. The summed E-state index contributed by atoms with van der Waals surface area (Å²) in [6, 6.07) is 12.5. The fraction of sp³-hybridized carbons (Fsp3) is 0.286. The molecule has 0 atom stereocenters. The molecule has 2 aromatic carbocycles. The predicted molar refractivity (Wildman–Crippen MR) is 107 cm³/mol. The zero-order chi connectivity index (χ0) is 20.5. The summed E-state index contributed by atoms with van der Waals surface area (Å²) >= 11 is 1.01. The number of esters is 1. The van der Waals surface area contributed by atoms with Crippen molar-refractivity contribution >= 4 is 35.1 Å². The minimum atomic E-state index is -0.598. The molecule has 0 unspecified atom stereocenters. The minimum absolute atomic E-state index is 0.0876. The Morgan fingerprint density at radius 2 is 1.75 bits per heavy atom. The number of rotatable bonds is 9. The summed E-state index contributed by atoms with van der Waals surface area (Å²) in [5.74, 6) is -1.28. The van der Waals surface area contributed by atoms with E-state index >= 15 is 0 Å². The van der Waals surface area contributed by atoms with Gasteiger partial charge in [0.2, 0.25) is 5.91 Å². The molecule has 1 amide bonds. The fourth-order valence-corrected chi connectivity index (χ4v) is 3.03. The number of carbonyl (C=O) groups is 3. The molecule has 0 saturated heterocycles. The molecule has 148 valence electrons. The summed E-state index contributed by atoms with van der Waals surface area (Å²) in [6.45, 7) is 3.52. The Morgan fingerprint density at radius 3 is 2.39 bits per heavy atom. The van der Waals surface area contributed by atoms with E-state index in [1.165, 1.54) is 6.07 Å². The minimum Gasteiger partial charge on any atom is -0.457 e. The quantitative estimate of drug-likeness (QED) is 0.383. The molecule has 0 saturated carbocycles. The third-order valence-electron chi connectivity index (χ3n) is 3.63. The number of carbonyl (C=O) groups excluding carboxylic acids is 3. The van der Waals surface area contributed by atoms with Crippen LogP contribution in [0.1, 0.15) is 30.6 Å². The van der Waals surface area contributed by atoms with Gasteiger partial charge in [-0.3, -0.25) is 14.4 Å². The topological polar surface area (TPSA) is 72.5 Å². The van der Waals surface area contributed by atoms with E-state index in [2.05, 4.69) is 5.32 Å². The van der Waals surface area contributed by atoms with E-state index < -0.39 is 18.4 Å². The summed E-state index contributed by atoms with van der Waals surface area (Å²) in [6.07, 6.45) is 0.418. The van der Waals surface area contributed by atoms with Gasteiger partial charge in [-0.05, 0) is 42.3 Å². The highest BCUT2D eigenvalue weighted by atomic mass is 32.2. The second-order valence-corrected chi connectivity index (χ2v) is 7.54. The standard InChI is InChI=1S/C21H22FNO4S/c1-14(2)11-20(25)23-16-9-7-15(8-10-16)18(24)12-27-21(26)13-28-19-6-4-3-5-17(19)22/h3-10,14H,11-13H2,1-2H3,(H,23,25). The molecule has 2 aromatic rings. The van der Waals surface area contributed by atoms with Gasteiger partial charge in [-0.1, -0.05) is 26.0 Å². The van der Waals surface area contributed by atoms with Crippen molar-refractivity contribution in [3.8, 4) is 0 Å². The normalized spacial score (nSPS) is 10.6. The number of ether oxygens (including phenoxy) is 1. The summed E-state index contributed by atoms with van der Waals surface area (Å²) in [5.41, 5.74) is 0.969. The van der Waals surface area contributed by atoms with Crippen LogP contribution >= 0.6 is 11.8 Å². The van der Waals surface area contributed by atoms with E-state index in [0.29, 0.717) is 22.6 Å². The van der Waals surface area contributed by atoms with Gasteiger partial charge in [0.1, 0.15) is 5.82 Å². The van der Waals surface area contributed by atoms with Gasteiger partial charge >= 0.3 is 5.97 Å². The number of benzene rings is 2. The third kappa shape index (κ3) is 7.15. The number of anilines is 1. The van der Waals surface area contributed by atoms with Crippen LogP contribution in [-0.2, 0) is 14.3 Å². The summed E-state index contributed by atoms with van der Waals surface area (Å²) in [4.78, 5) is 36.0. The number of hydrogen-bond donors (Lipinski definition) is 1. The smallest absolute Gasteiger partial charge is 0.316 e. The number of thioether (sulfide) groups is 1. The van der Waals surface area contributed by atoms with E-state index in [1.807, 2.05) is 13.8 Å². The molecule has 0 bridgehead atoms. The highest BCUT2D eigenvalue weighted by Gasteiger charge is 2.12. The maximum Gasteiger partial charge on any atom is 0.316 e. The molecule has 5 nitrogen and oxygen atoms in total. The molecule has 0 aliphatic heterocycles. The zero-order valence-corrected chi connectivity index (χ0v) is 16.6. The van der Waals surface area contributed by atoms with Gasteiger partial charge in [-0.15, -0.1) is 11.8 Å². The van der Waals surface area contributed by atoms with Crippen molar-refractivity contribution in [2.24, 2.45) is 5.92 Å². The Bertz CT molecular complexity index is 837. The van der Waals surface area contributed by atoms with Crippen molar-refractivity contribution in [2.75, 3.05) is 17.7 Å². The van der Waals surface area contributed by atoms with Crippen LogP contribution in [0.25, 0.3) is 0 Å². The van der Waals surface area contributed by atoms with Crippen LogP contribution in [0.5, 0.6) is 0 Å². The lowest BCUT2D eigenvalue weighted by molar-refractivity contribution is -0.139. The second kappa shape index (κ2) is 10.6. The lowest BCUT2D eigenvalue weighted by atomic mass is 10.1. The number of nitrogens with one attached hydrogen (secondary N) is 1. The maximum atomic E-state index is 13.5. The number of amides is 1. The van der Waals surface area contributed by atoms with Gasteiger partial charge in [0.15, 0.2) is 12.4 Å². The Balaban J connectivity index is 1.78. The Labute approximate surface area is 167 Å². The molecule has 0 heterocycles. The Hall–Kier alpha value is -2.67. The lowest BCUT2D eigenvalue weighted by Crippen LogP contribution is -2.16. The SMILES string of the molecule is CC(C)CC(=O)Nc1ccc(C(=O)COC(=O)CSc2ccccc2F)cc1. The van der Waals surface area contributed by atoms with Gasteiger partial charge < -0.3 is 10.1 Å². The number of halogens is 1. The summed E-state index contributed by atoms with van der Waals surface area (Å²) in [5, 5.41) is 2.76. The molecular formula is C21H22FNO4S. The molecule has 7 heteroatoms. The molecule has 0 spiro atoms. The van der Waals surface area contributed by atoms with Crippen molar-refractivity contribution in [2.45, 2.75) is 25.2 Å². The molecule has 1 N–H and O–H groups in total. The number of ketones is 1. The first-order chi connectivity index (χ1) is 13.3. The molecule has 0 aromatic heterocycles. The van der Waals surface area contributed by atoms with Crippen LogP contribution < -0.4 is 5.32 Å². The largest absolute Gasteiger partial charge is 0.457 e. The molecule has 28 heavy (non-hydrogen) atoms. The van der Waals surface area contributed by atoms with Crippen molar-refractivity contribution in [1.82, 2.24) is 0 Å². The number of Topliss-reactive ketones (excluding diaryl/α,β-unsaturated/α-hetero) is 1. The van der Waals surface area contributed by atoms with E-state index in [9.17, 15) is 18.8 Å². The van der Waals surface area contributed by atoms with Gasteiger partial charge in [0.05, 0.1) is 5.75 Å². The zero-order valence-electron chi connectivity index (χ0n) is 15.7. The van der Waals surface area contributed by atoms with Crippen LogP contribution in [0.2, 0.25) is 0 Å². The molecule has 0 fully saturated rings. The van der Waals surface area contributed by atoms with Crippen LogP contribution in [0.4, 0.5) is 10.1 Å². The van der Waals surface area contributed by atoms with E-state index in [4.69, 9.17) is 4.74 Å². The molecule has 0 radical (unpaired) electrons. The number of hydrogen-bond acceptors (Lipinski definition) is 5. The first-order valence-corrected chi connectivity index (χ1v) is 9.79. The lowest BCUT2D eigenvalue weighted by Gasteiger charge is -2.08. The Morgan fingerprint density at radius 1 is 1.07 bits per heavy atom. The van der Waals surface area contributed by atoms with Crippen LogP contribution in [0, 0.1) is 11.7 Å². The Kier molecular flexibility index (Phi) is 8.19. The first-order valence-electron chi connectivity index (χ1n) is 8.81. The van der Waals surface area contributed by atoms with E-state index in [0.717, 1.165) is 11.8 Å². The van der Waals surface area contributed by atoms with E-state index in [1.54, 1.807) is 42.5 Å². The van der Waals surface area contributed by atoms with Gasteiger partial charge in [-0.25, -0.2) is 4.39 Å².